The monoisotopic (exact) mass is 215 g/mol. The molecule has 1 aromatic rings. The van der Waals surface area contributed by atoms with Gasteiger partial charge in [-0.15, -0.1) is 12.4 Å². The van der Waals surface area contributed by atoms with Gasteiger partial charge in [0.15, 0.2) is 0 Å². The van der Waals surface area contributed by atoms with Crippen LogP contribution >= 0.6 is 12.4 Å². The zero-order chi connectivity index (χ0) is 9.26. The van der Waals surface area contributed by atoms with E-state index in [4.69, 9.17) is 5.11 Å². The molecule has 1 fully saturated rings. The third kappa shape index (κ3) is 2.11. The zero-order valence-corrected chi connectivity index (χ0v) is 8.55. The van der Waals surface area contributed by atoms with E-state index in [1.54, 1.807) is 12.1 Å². The Morgan fingerprint density at radius 2 is 2.07 bits per heavy atom. The summed E-state index contributed by atoms with van der Waals surface area (Å²) in [5.74, 6) is 0.290. The Bertz CT molecular complexity index is 311. The van der Waals surface area contributed by atoms with Gasteiger partial charge in [0.2, 0.25) is 0 Å². The summed E-state index contributed by atoms with van der Waals surface area (Å²) >= 11 is 0. The van der Waals surface area contributed by atoms with Gasteiger partial charge in [-0.3, -0.25) is 0 Å². The van der Waals surface area contributed by atoms with Crippen LogP contribution in [0.3, 0.4) is 0 Å². The molecule has 0 aromatic heterocycles. The summed E-state index contributed by atoms with van der Waals surface area (Å²) in [6.07, 6.45) is 2.20. The molecule has 1 aliphatic heterocycles. The first-order valence-corrected chi connectivity index (χ1v) is 4.52. The van der Waals surface area contributed by atoms with Gasteiger partial charge in [-0.2, -0.15) is 0 Å². The van der Waals surface area contributed by atoms with E-state index in [1.165, 1.54) is 6.07 Å². The number of hydrogen-bond donors (Lipinski definition) is 3. The summed E-state index contributed by atoms with van der Waals surface area (Å²) in [5.41, 5.74) is 0.885. The van der Waals surface area contributed by atoms with Crippen LogP contribution in [-0.4, -0.2) is 16.8 Å². The summed E-state index contributed by atoms with van der Waals surface area (Å²) in [6, 6.07) is 5.01. The highest BCUT2D eigenvalue weighted by Gasteiger charge is 2.18. The summed E-state index contributed by atoms with van der Waals surface area (Å²) in [5, 5.41) is 21.9. The lowest BCUT2D eigenvalue weighted by molar-refractivity contribution is 0.439. The average molecular weight is 216 g/mol. The Morgan fingerprint density at radius 1 is 1.29 bits per heavy atom. The number of benzene rings is 1. The fourth-order valence-corrected chi connectivity index (χ4v) is 1.78. The molecule has 14 heavy (non-hydrogen) atoms. The maximum Gasteiger partial charge on any atom is 0.124 e. The number of rotatable bonds is 1. The second kappa shape index (κ2) is 4.53. The molecule has 0 amide bonds. The minimum atomic E-state index is 0. The minimum absolute atomic E-state index is 0. The molecule has 3 nitrogen and oxygen atoms in total. The van der Waals surface area contributed by atoms with Crippen molar-refractivity contribution in [2.75, 3.05) is 6.54 Å². The second-order valence-corrected chi connectivity index (χ2v) is 3.39. The number of halogens is 1. The van der Waals surface area contributed by atoms with Gasteiger partial charge < -0.3 is 15.5 Å². The first kappa shape index (κ1) is 11.1. The smallest absolute Gasteiger partial charge is 0.124 e. The maximum atomic E-state index is 9.55. The van der Waals surface area contributed by atoms with Crippen molar-refractivity contribution in [1.29, 1.82) is 0 Å². The van der Waals surface area contributed by atoms with Gasteiger partial charge in [0.05, 0.1) is 0 Å². The van der Waals surface area contributed by atoms with Crippen molar-refractivity contribution < 1.29 is 10.2 Å². The van der Waals surface area contributed by atoms with E-state index in [2.05, 4.69) is 5.32 Å². The predicted octanol–water partition coefficient (Wildman–Crippen LogP) is 1.94. The third-order valence-corrected chi connectivity index (χ3v) is 2.45. The first-order chi connectivity index (χ1) is 6.27. The lowest BCUT2D eigenvalue weighted by atomic mass is 10.0. The van der Waals surface area contributed by atoms with E-state index in [0.29, 0.717) is 0 Å². The molecule has 3 N–H and O–H groups in total. The SMILES string of the molecule is Cl.Oc1ccc([C@H]2CCCN2)c(O)c1. The molecule has 78 valence electrons. The standard InChI is InChI=1S/C10H13NO2.ClH/c12-7-3-4-8(10(13)6-7)9-2-1-5-11-9;/h3-4,6,9,11-13H,1-2,5H2;1H/t9-;/m1./s1. The van der Waals surface area contributed by atoms with Crippen molar-refractivity contribution in [3.05, 3.63) is 23.8 Å². The van der Waals surface area contributed by atoms with Crippen LogP contribution < -0.4 is 5.32 Å². The van der Waals surface area contributed by atoms with Gasteiger partial charge in [-0.1, -0.05) is 6.07 Å². The molecule has 0 spiro atoms. The van der Waals surface area contributed by atoms with Crippen molar-refractivity contribution >= 4 is 12.4 Å². The van der Waals surface area contributed by atoms with Crippen molar-refractivity contribution in [3.63, 3.8) is 0 Å². The topological polar surface area (TPSA) is 52.5 Å². The fraction of sp³-hybridized carbons (Fsp3) is 0.400. The molecular weight excluding hydrogens is 202 g/mol. The molecular formula is C10H14ClNO2. The second-order valence-electron chi connectivity index (χ2n) is 3.39. The molecule has 1 aromatic carbocycles. The number of nitrogens with one attached hydrogen (secondary N) is 1. The van der Waals surface area contributed by atoms with E-state index >= 15 is 0 Å². The molecule has 2 rings (SSSR count). The quantitative estimate of drug-likeness (QED) is 0.671. The Hall–Kier alpha value is -0.930. The molecule has 0 radical (unpaired) electrons. The van der Waals surface area contributed by atoms with Crippen LogP contribution in [0.4, 0.5) is 0 Å². The van der Waals surface area contributed by atoms with Crippen LogP contribution in [-0.2, 0) is 0 Å². The fourth-order valence-electron chi connectivity index (χ4n) is 1.78. The van der Waals surface area contributed by atoms with Gasteiger partial charge in [-0.05, 0) is 25.5 Å². The van der Waals surface area contributed by atoms with Crippen LogP contribution in [0.1, 0.15) is 24.4 Å². The van der Waals surface area contributed by atoms with Crippen LogP contribution in [0, 0.1) is 0 Å². The highest BCUT2D eigenvalue weighted by Crippen LogP contribution is 2.32. The Morgan fingerprint density at radius 3 is 2.64 bits per heavy atom. The molecule has 0 unspecified atom stereocenters. The van der Waals surface area contributed by atoms with E-state index in [1.807, 2.05) is 0 Å². The molecule has 4 heteroatoms. The summed E-state index contributed by atoms with van der Waals surface area (Å²) in [6.45, 7) is 1.00. The number of hydrogen-bond acceptors (Lipinski definition) is 3. The molecule has 1 atom stereocenters. The number of aromatic hydroxyl groups is 2. The van der Waals surface area contributed by atoms with Crippen molar-refractivity contribution in [2.24, 2.45) is 0 Å². The number of phenols is 2. The molecule has 0 bridgehead atoms. The van der Waals surface area contributed by atoms with E-state index in [9.17, 15) is 5.11 Å². The Balaban J connectivity index is 0.000000980. The van der Waals surface area contributed by atoms with Gasteiger partial charge in [0, 0.05) is 17.7 Å². The normalized spacial score (nSPS) is 20.4. The lowest BCUT2D eigenvalue weighted by Crippen LogP contribution is -2.12. The predicted molar refractivity (Wildman–Crippen MR) is 57.0 cm³/mol. The van der Waals surface area contributed by atoms with Gasteiger partial charge in [0.1, 0.15) is 11.5 Å². The van der Waals surface area contributed by atoms with Crippen LogP contribution in [0.5, 0.6) is 11.5 Å². The Kier molecular flexibility index (Phi) is 3.61. The highest BCUT2D eigenvalue weighted by molar-refractivity contribution is 5.85. The third-order valence-electron chi connectivity index (χ3n) is 2.45. The summed E-state index contributed by atoms with van der Waals surface area (Å²) in [7, 11) is 0. The molecule has 1 saturated heterocycles. The van der Waals surface area contributed by atoms with Gasteiger partial charge in [0.25, 0.3) is 0 Å². The van der Waals surface area contributed by atoms with Crippen molar-refractivity contribution in [2.45, 2.75) is 18.9 Å². The molecule has 0 saturated carbocycles. The molecule has 1 heterocycles. The van der Waals surface area contributed by atoms with Crippen molar-refractivity contribution in [1.82, 2.24) is 5.32 Å². The molecule has 1 aliphatic rings. The first-order valence-electron chi connectivity index (χ1n) is 4.52. The summed E-state index contributed by atoms with van der Waals surface area (Å²) < 4.78 is 0. The lowest BCUT2D eigenvalue weighted by Gasteiger charge is -2.12. The maximum absolute atomic E-state index is 9.55. The van der Waals surface area contributed by atoms with Crippen molar-refractivity contribution in [3.8, 4) is 11.5 Å². The minimum Gasteiger partial charge on any atom is -0.508 e. The highest BCUT2D eigenvalue weighted by atomic mass is 35.5. The number of phenolic OH excluding ortho intramolecular Hbond substituents is 2. The largest absolute Gasteiger partial charge is 0.508 e. The summed E-state index contributed by atoms with van der Waals surface area (Å²) in [4.78, 5) is 0. The van der Waals surface area contributed by atoms with Gasteiger partial charge >= 0.3 is 0 Å². The Labute approximate surface area is 89.2 Å². The average Bonchev–Trinajstić information content (AvgIpc) is 2.56. The van der Waals surface area contributed by atoms with E-state index in [-0.39, 0.29) is 29.9 Å². The molecule has 0 aliphatic carbocycles. The van der Waals surface area contributed by atoms with Crippen LogP contribution in [0.15, 0.2) is 18.2 Å². The van der Waals surface area contributed by atoms with Crippen LogP contribution in [0.2, 0.25) is 0 Å². The zero-order valence-electron chi connectivity index (χ0n) is 7.73. The van der Waals surface area contributed by atoms with E-state index in [0.717, 1.165) is 24.9 Å². The van der Waals surface area contributed by atoms with Gasteiger partial charge in [-0.25, -0.2) is 0 Å². The van der Waals surface area contributed by atoms with Crippen LogP contribution in [0.25, 0.3) is 0 Å². The van der Waals surface area contributed by atoms with E-state index < -0.39 is 0 Å².